The summed E-state index contributed by atoms with van der Waals surface area (Å²) in [6.45, 7) is 3.89. The molecule has 31 heavy (non-hydrogen) atoms. The van der Waals surface area contributed by atoms with E-state index >= 15 is 0 Å². The number of halogens is 1. The van der Waals surface area contributed by atoms with Gasteiger partial charge in [0.05, 0.1) is 13.5 Å². The lowest BCUT2D eigenvalue weighted by atomic mass is 10.0. The molecule has 3 aromatic carbocycles. The van der Waals surface area contributed by atoms with Gasteiger partial charge >= 0.3 is 0 Å². The minimum absolute atomic E-state index is 0.104. The summed E-state index contributed by atoms with van der Waals surface area (Å²) in [5.41, 5.74) is 1.49. The summed E-state index contributed by atoms with van der Waals surface area (Å²) in [5, 5.41) is 7.79. The zero-order valence-electron chi connectivity index (χ0n) is 17.9. The molecule has 1 atom stereocenters. The number of ether oxygens (including phenoxy) is 1. The van der Waals surface area contributed by atoms with E-state index in [-0.39, 0.29) is 36.4 Å². The maximum absolute atomic E-state index is 13.8. The van der Waals surface area contributed by atoms with E-state index in [1.165, 1.54) is 19.2 Å². The summed E-state index contributed by atoms with van der Waals surface area (Å²) in [4.78, 5) is 25.3. The highest BCUT2D eigenvalue weighted by atomic mass is 19.1. The summed E-state index contributed by atoms with van der Waals surface area (Å²) < 4.78 is 18.7. The molecular weight excluding hydrogens is 395 g/mol. The van der Waals surface area contributed by atoms with Crippen LogP contribution in [0.2, 0.25) is 0 Å². The molecular formula is C25H27FN2O3. The average molecular weight is 423 g/mol. The molecule has 3 rings (SSSR count). The Morgan fingerprint density at radius 2 is 1.68 bits per heavy atom. The van der Waals surface area contributed by atoms with Crippen LogP contribution in [0.4, 0.5) is 4.39 Å². The van der Waals surface area contributed by atoms with Gasteiger partial charge in [0.15, 0.2) is 11.6 Å². The zero-order valence-corrected chi connectivity index (χ0v) is 17.9. The normalized spacial score (nSPS) is 11.9. The highest BCUT2D eigenvalue weighted by Gasteiger charge is 2.24. The number of hydrogen-bond acceptors (Lipinski definition) is 3. The van der Waals surface area contributed by atoms with Crippen molar-refractivity contribution in [3.63, 3.8) is 0 Å². The van der Waals surface area contributed by atoms with Crippen molar-refractivity contribution < 1.29 is 18.7 Å². The van der Waals surface area contributed by atoms with Crippen LogP contribution in [-0.4, -0.2) is 25.0 Å². The molecule has 0 bridgehead atoms. The van der Waals surface area contributed by atoms with Crippen molar-refractivity contribution in [2.45, 2.75) is 32.9 Å². The van der Waals surface area contributed by atoms with Gasteiger partial charge in [-0.1, -0.05) is 62.4 Å². The molecule has 0 spiro atoms. The first kappa shape index (κ1) is 22.3. The molecule has 0 aromatic heterocycles. The number of hydrogen-bond donors (Lipinski definition) is 2. The lowest BCUT2D eigenvalue weighted by Gasteiger charge is -2.22. The fourth-order valence-corrected chi connectivity index (χ4v) is 3.41. The lowest BCUT2D eigenvalue weighted by Crippen LogP contribution is -2.49. The van der Waals surface area contributed by atoms with Crippen molar-refractivity contribution in [1.82, 2.24) is 10.6 Å². The van der Waals surface area contributed by atoms with E-state index in [1.807, 2.05) is 56.3 Å². The molecule has 6 heteroatoms. The molecule has 0 aliphatic rings. The van der Waals surface area contributed by atoms with E-state index in [0.717, 1.165) is 16.3 Å². The number of carbonyl (C=O) groups excluding carboxylic acids is 2. The molecule has 2 amide bonds. The fourth-order valence-electron chi connectivity index (χ4n) is 3.41. The van der Waals surface area contributed by atoms with Crippen molar-refractivity contribution in [2.75, 3.05) is 7.11 Å². The Kier molecular flexibility index (Phi) is 7.23. The van der Waals surface area contributed by atoms with Crippen LogP contribution in [0, 0.1) is 11.7 Å². The second kappa shape index (κ2) is 10.1. The maximum atomic E-state index is 13.8. The van der Waals surface area contributed by atoms with Crippen molar-refractivity contribution in [2.24, 2.45) is 5.92 Å². The van der Waals surface area contributed by atoms with Crippen LogP contribution in [0.3, 0.4) is 0 Å². The number of fused-ring (bicyclic) bond motifs is 1. The second-order valence-electron chi connectivity index (χ2n) is 7.83. The van der Waals surface area contributed by atoms with Gasteiger partial charge in [-0.2, -0.15) is 0 Å². The monoisotopic (exact) mass is 422 g/mol. The molecule has 0 aliphatic carbocycles. The van der Waals surface area contributed by atoms with E-state index in [4.69, 9.17) is 4.74 Å². The standard InChI is InChI=1S/C25H27FN2O3/c1-16(2)24(25(30)27-15-18-9-11-22(31-3)21(26)13-18)28-23(29)14-17-8-10-19-6-4-5-7-20(19)12-17/h4-13,16,24H,14-15H2,1-3H3,(H,27,30)(H,28,29). The van der Waals surface area contributed by atoms with Crippen LogP contribution >= 0.6 is 0 Å². The summed E-state index contributed by atoms with van der Waals surface area (Å²) in [6, 6.07) is 17.7. The molecule has 0 aliphatic heterocycles. The summed E-state index contributed by atoms with van der Waals surface area (Å²) in [5.74, 6) is -0.972. The van der Waals surface area contributed by atoms with Crippen LogP contribution in [-0.2, 0) is 22.6 Å². The molecule has 0 saturated heterocycles. The Hall–Kier alpha value is -3.41. The lowest BCUT2D eigenvalue weighted by molar-refractivity contribution is -0.129. The first-order chi connectivity index (χ1) is 14.9. The largest absolute Gasteiger partial charge is 0.494 e. The van der Waals surface area contributed by atoms with E-state index in [0.29, 0.717) is 5.56 Å². The third-order valence-electron chi connectivity index (χ3n) is 5.13. The predicted molar refractivity (Wildman–Crippen MR) is 119 cm³/mol. The smallest absolute Gasteiger partial charge is 0.243 e. The second-order valence-corrected chi connectivity index (χ2v) is 7.83. The van der Waals surface area contributed by atoms with Gasteiger partial charge in [-0.05, 0) is 39.9 Å². The van der Waals surface area contributed by atoms with Crippen molar-refractivity contribution in [3.05, 3.63) is 77.6 Å². The Bertz CT molecular complexity index is 1080. The minimum atomic E-state index is -0.684. The quantitative estimate of drug-likeness (QED) is 0.577. The van der Waals surface area contributed by atoms with Crippen LogP contribution in [0.1, 0.15) is 25.0 Å². The number of carbonyl (C=O) groups is 2. The Labute approximate surface area is 181 Å². The molecule has 0 radical (unpaired) electrons. The number of nitrogens with one attached hydrogen (secondary N) is 2. The first-order valence-corrected chi connectivity index (χ1v) is 10.2. The van der Waals surface area contributed by atoms with Gasteiger partial charge in [0.2, 0.25) is 11.8 Å². The third kappa shape index (κ3) is 5.81. The SMILES string of the molecule is COc1ccc(CNC(=O)C(NC(=O)Cc2ccc3ccccc3c2)C(C)C)cc1F. The predicted octanol–water partition coefficient (Wildman–Crippen LogP) is 3.99. The third-order valence-corrected chi connectivity index (χ3v) is 5.13. The number of methoxy groups -OCH3 is 1. The van der Waals surface area contributed by atoms with Crippen LogP contribution in [0.25, 0.3) is 10.8 Å². The fraction of sp³-hybridized carbons (Fsp3) is 0.280. The molecule has 0 saturated carbocycles. The van der Waals surface area contributed by atoms with Gasteiger partial charge in [-0.15, -0.1) is 0 Å². The van der Waals surface area contributed by atoms with E-state index in [9.17, 15) is 14.0 Å². The molecule has 5 nitrogen and oxygen atoms in total. The van der Waals surface area contributed by atoms with Gasteiger partial charge in [-0.25, -0.2) is 4.39 Å². The first-order valence-electron chi connectivity index (χ1n) is 10.2. The van der Waals surface area contributed by atoms with Gasteiger partial charge < -0.3 is 15.4 Å². The van der Waals surface area contributed by atoms with Gasteiger partial charge in [-0.3, -0.25) is 9.59 Å². The number of benzene rings is 3. The van der Waals surface area contributed by atoms with Gasteiger partial charge in [0, 0.05) is 6.54 Å². The molecule has 3 aromatic rings. The minimum Gasteiger partial charge on any atom is -0.494 e. The molecule has 0 fully saturated rings. The van der Waals surface area contributed by atoms with Gasteiger partial charge in [0.25, 0.3) is 0 Å². The highest BCUT2D eigenvalue weighted by Crippen LogP contribution is 2.18. The Morgan fingerprint density at radius 1 is 0.968 bits per heavy atom. The molecule has 2 N–H and O–H groups in total. The van der Waals surface area contributed by atoms with Crippen molar-refractivity contribution in [1.29, 1.82) is 0 Å². The van der Waals surface area contributed by atoms with E-state index < -0.39 is 11.9 Å². The van der Waals surface area contributed by atoms with Crippen molar-refractivity contribution >= 4 is 22.6 Å². The van der Waals surface area contributed by atoms with Crippen LogP contribution in [0.5, 0.6) is 5.75 Å². The highest BCUT2D eigenvalue weighted by molar-refractivity contribution is 5.89. The zero-order chi connectivity index (χ0) is 22.4. The maximum Gasteiger partial charge on any atom is 0.243 e. The Balaban J connectivity index is 1.60. The summed E-state index contributed by atoms with van der Waals surface area (Å²) in [6.07, 6.45) is 0.186. The van der Waals surface area contributed by atoms with E-state index in [2.05, 4.69) is 10.6 Å². The molecule has 0 heterocycles. The topological polar surface area (TPSA) is 67.4 Å². The van der Waals surface area contributed by atoms with E-state index in [1.54, 1.807) is 6.07 Å². The number of amides is 2. The molecule has 162 valence electrons. The number of rotatable bonds is 8. The van der Waals surface area contributed by atoms with Gasteiger partial charge in [0.1, 0.15) is 6.04 Å². The average Bonchev–Trinajstić information content (AvgIpc) is 2.75. The van der Waals surface area contributed by atoms with Crippen LogP contribution in [0.15, 0.2) is 60.7 Å². The van der Waals surface area contributed by atoms with Crippen LogP contribution < -0.4 is 15.4 Å². The summed E-state index contributed by atoms with van der Waals surface area (Å²) in [7, 11) is 1.40. The van der Waals surface area contributed by atoms with Crippen molar-refractivity contribution in [3.8, 4) is 5.75 Å². The molecule has 1 unspecified atom stereocenters. The summed E-state index contributed by atoms with van der Waals surface area (Å²) >= 11 is 0. The Morgan fingerprint density at radius 3 is 2.35 bits per heavy atom.